The summed E-state index contributed by atoms with van der Waals surface area (Å²) in [6.45, 7) is 2.58. The molecular weight excluding hydrogens is 558 g/mol. The molecule has 2 aromatic rings. The van der Waals surface area contributed by atoms with E-state index in [1.165, 1.54) is 35.9 Å². The van der Waals surface area contributed by atoms with Crippen molar-refractivity contribution < 1.29 is 14.4 Å². The number of unbranched alkanes of at least 4 members (excludes halogenated alkanes) is 5. The maximum absolute atomic E-state index is 13.6. The van der Waals surface area contributed by atoms with Gasteiger partial charge in [-0.1, -0.05) is 103 Å². The number of amides is 3. The first-order chi connectivity index (χ1) is 17.4. The zero-order valence-corrected chi connectivity index (χ0v) is 23.3. The van der Waals surface area contributed by atoms with Crippen molar-refractivity contribution in [1.82, 2.24) is 4.90 Å². The zero-order chi connectivity index (χ0) is 25.7. The SMILES string of the molecule is CCCCCCCCN1C(=O)/C(=C2/C(=O)N(CC(=O)Nc3cccc(Br)c3)c3ccccc32)SC1=S. The normalized spacial score (nSPS) is 17.2. The Morgan fingerprint density at radius 1 is 0.972 bits per heavy atom. The van der Waals surface area contributed by atoms with Crippen molar-refractivity contribution in [3.8, 4) is 0 Å². The summed E-state index contributed by atoms with van der Waals surface area (Å²) in [5.41, 5.74) is 2.22. The number of anilines is 2. The molecule has 0 spiro atoms. The topological polar surface area (TPSA) is 69.7 Å². The fourth-order valence-corrected chi connectivity index (χ4v) is 6.14. The van der Waals surface area contributed by atoms with Gasteiger partial charge in [-0.05, 0) is 30.7 Å². The van der Waals surface area contributed by atoms with Crippen molar-refractivity contribution in [2.24, 2.45) is 0 Å². The highest BCUT2D eigenvalue weighted by atomic mass is 79.9. The minimum Gasteiger partial charge on any atom is -0.324 e. The van der Waals surface area contributed by atoms with E-state index in [0.29, 0.717) is 38.3 Å². The number of nitrogens with one attached hydrogen (secondary N) is 1. The van der Waals surface area contributed by atoms with Crippen LogP contribution in [0.5, 0.6) is 0 Å². The van der Waals surface area contributed by atoms with Gasteiger partial charge >= 0.3 is 0 Å². The third-order valence-corrected chi connectivity index (χ3v) is 8.09. The highest BCUT2D eigenvalue weighted by molar-refractivity contribution is 9.10. The largest absolute Gasteiger partial charge is 0.324 e. The number of carbonyl (C=O) groups is 3. The van der Waals surface area contributed by atoms with Crippen molar-refractivity contribution in [2.75, 3.05) is 23.3 Å². The summed E-state index contributed by atoms with van der Waals surface area (Å²) in [5.74, 6) is -0.911. The van der Waals surface area contributed by atoms with Crippen LogP contribution in [0.3, 0.4) is 0 Å². The van der Waals surface area contributed by atoms with Gasteiger partial charge in [0.1, 0.15) is 10.9 Å². The molecule has 6 nitrogen and oxygen atoms in total. The van der Waals surface area contributed by atoms with Gasteiger partial charge < -0.3 is 5.32 Å². The molecule has 36 heavy (non-hydrogen) atoms. The van der Waals surface area contributed by atoms with Crippen LogP contribution in [0, 0.1) is 0 Å². The zero-order valence-electron chi connectivity index (χ0n) is 20.1. The Balaban J connectivity index is 1.51. The molecule has 1 saturated heterocycles. The van der Waals surface area contributed by atoms with Crippen LogP contribution in [0.1, 0.15) is 51.0 Å². The molecule has 2 heterocycles. The van der Waals surface area contributed by atoms with Crippen molar-refractivity contribution >= 4 is 78.9 Å². The molecule has 9 heteroatoms. The van der Waals surface area contributed by atoms with E-state index in [0.717, 1.165) is 23.7 Å². The average Bonchev–Trinajstić information content (AvgIpc) is 3.28. The lowest BCUT2D eigenvalue weighted by molar-refractivity contribution is -0.122. The molecule has 1 N–H and O–H groups in total. The Bertz CT molecular complexity index is 1230. The molecule has 0 bridgehead atoms. The number of benzene rings is 2. The minimum absolute atomic E-state index is 0.163. The third-order valence-electron chi connectivity index (χ3n) is 6.14. The fourth-order valence-electron chi connectivity index (χ4n) is 4.36. The maximum atomic E-state index is 13.6. The van der Waals surface area contributed by atoms with Gasteiger partial charge in [-0.25, -0.2) is 0 Å². The Labute approximate surface area is 229 Å². The first kappa shape index (κ1) is 26.6. The predicted molar refractivity (Wildman–Crippen MR) is 154 cm³/mol. The van der Waals surface area contributed by atoms with Gasteiger partial charge in [-0.15, -0.1) is 0 Å². The summed E-state index contributed by atoms with van der Waals surface area (Å²) in [6.07, 6.45) is 6.70. The van der Waals surface area contributed by atoms with Crippen molar-refractivity contribution in [3.63, 3.8) is 0 Å². The van der Waals surface area contributed by atoms with Crippen LogP contribution in [0.2, 0.25) is 0 Å². The Morgan fingerprint density at radius 3 is 2.50 bits per heavy atom. The smallest absolute Gasteiger partial charge is 0.267 e. The fraction of sp³-hybridized carbons (Fsp3) is 0.333. The molecule has 188 valence electrons. The number of carbonyl (C=O) groups excluding carboxylic acids is 3. The van der Waals surface area contributed by atoms with Gasteiger partial charge in [-0.2, -0.15) is 0 Å². The molecule has 2 aromatic carbocycles. The Hall–Kier alpha value is -2.49. The highest BCUT2D eigenvalue weighted by Gasteiger charge is 2.42. The molecule has 0 saturated carbocycles. The van der Waals surface area contributed by atoms with Gasteiger partial charge in [0.05, 0.1) is 16.2 Å². The van der Waals surface area contributed by atoms with Crippen LogP contribution in [0.15, 0.2) is 57.9 Å². The molecule has 0 aromatic heterocycles. The number of hydrogen-bond acceptors (Lipinski definition) is 5. The third kappa shape index (κ3) is 5.90. The monoisotopic (exact) mass is 585 g/mol. The van der Waals surface area contributed by atoms with Crippen molar-refractivity contribution in [3.05, 3.63) is 63.5 Å². The molecule has 1 fully saturated rings. The first-order valence-electron chi connectivity index (χ1n) is 12.1. The van der Waals surface area contributed by atoms with Crippen LogP contribution in [-0.2, 0) is 14.4 Å². The standard InChI is InChI=1S/C27H28BrN3O3S2/c1-2-3-4-5-6-9-15-30-26(34)24(36-27(30)35)23-20-13-7-8-14-21(20)31(25(23)33)17-22(32)29-19-12-10-11-18(28)16-19/h7-8,10-14,16H,2-6,9,15,17H2,1H3,(H,29,32)/b24-23-. The number of thiocarbonyl (C=S) groups is 1. The molecule has 4 rings (SSSR count). The number of hydrogen-bond donors (Lipinski definition) is 1. The molecule has 0 unspecified atom stereocenters. The van der Waals surface area contributed by atoms with E-state index in [1.807, 2.05) is 30.3 Å². The second kappa shape index (κ2) is 12.2. The molecule has 2 aliphatic rings. The minimum atomic E-state index is -0.361. The molecule has 0 aliphatic carbocycles. The van der Waals surface area contributed by atoms with Crippen LogP contribution in [0.25, 0.3) is 5.57 Å². The van der Waals surface area contributed by atoms with E-state index in [1.54, 1.807) is 23.1 Å². The summed E-state index contributed by atoms with van der Waals surface area (Å²) in [7, 11) is 0. The lowest BCUT2D eigenvalue weighted by atomic mass is 10.1. The summed E-state index contributed by atoms with van der Waals surface area (Å²) in [6, 6.07) is 14.5. The molecule has 3 amide bonds. The summed E-state index contributed by atoms with van der Waals surface area (Å²) in [4.78, 5) is 43.1. The van der Waals surface area contributed by atoms with E-state index < -0.39 is 0 Å². The van der Waals surface area contributed by atoms with Crippen molar-refractivity contribution in [1.29, 1.82) is 0 Å². The number of fused-ring (bicyclic) bond motifs is 1. The predicted octanol–water partition coefficient (Wildman–Crippen LogP) is 6.37. The van der Waals surface area contributed by atoms with Crippen LogP contribution in [-0.4, -0.2) is 40.0 Å². The lowest BCUT2D eigenvalue weighted by Gasteiger charge is -2.17. The second-order valence-electron chi connectivity index (χ2n) is 8.76. The van der Waals surface area contributed by atoms with Gasteiger partial charge in [-0.3, -0.25) is 24.2 Å². The number of para-hydroxylation sites is 1. The summed E-state index contributed by atoms with van der Waals surface area (Å²) >= 11 is 10.1. The van der Waals surface area contributed by atoms with E-state index >= 15 is 0 Å². The van der Waals surface area contributed by atoms with Crippen LogP contribution < -0.4 is 10.2 Å². The number of rotatable bonds is 10. The maximum Gasteiger partial charge on any atom is 0.267 e. The number of nitrogens with zero attached hydrogens (tertiary/aromatic N) is 2. The molecule has 0 atom stereocenters. The number of halogens is 1. The van der Waals surface area contributed by atoms with Gasteiger partial charge in [0, 0.05) is 22.3 Å². The van der Waals surface area contributed by atoms with Crippen LogP contribution >= 0.6 is 39.9 Å². The highest BCUT2D eigenvalue weighted by Crippen LogP contribution is 2.44. The van der Waals surface area contributed by atoms with E-state index in [2.05, 4.69) is 28.2 Å². The Morgan fingerprint density at radius 2 is 1.72 bits per heavy atom. The Kier molecular flexibility index (Phi) is 8.98. The molecular formula is C27H28BrN3O3S2. The average molecular weight is 587 g/mol. The van der Waals surface area contributed by atoms with E-state index in [-0.39, 0.29) is 24.3 Å². The summed E-state index contributed by atoms with van der Waals surface area (Å²) in [5, 5.41) is 2.83. The van der Waals surface area contributed by atoms with Gasteiger partial charge in [0.15, 0.2) is 0 Å². The van der Waals surface area contributed by atoms with E-state index in [4.69, 9.17) is 12.2 Å². The van der Waals surface area contributed by atoms with Gasteiger partial charge in [0.2, 0.25) is 5.91 Å². The molecule has 0 radical (unpaired) electrons. The van der Waals surface area contributed by atoms with Crippen molar-refractivity contribution in [2.45, 2.75) is 45.4 Å². The quantitative estimate of drug-likeness (QED) is 0.199. The lowest BCUT2D eigenvalue weighted by Crippen LogP contribution is -2.35. The van der Waals surface area contributed by atoms with E-state index in [9.17, 15) is 14.4 Å². The first-order valence-corrected chi connectivity index (χ1v) is 14.2. The van der Waals surface area contributed by atoms with Gasteiger partial charge in [0.25, 0.3) is 11.8 Å². The molecule has 2 aliphatic heterocycles. The number of thioether (sulfide) groups is 1. The van der Waals surface area contributed by atoms with Crippen LogP contribution in [0.4, 0.5) is 11.4 Å². The second-order valence-corrected chi connectivity index (χ2v) is 11.3. The summed E-state index contributed by atoms with van der Waals surface area (Å²) < 4.78 is 1.32.